The largest absolute Gasteiger partial charge is 0.295 e. The lowest BCUT2D eigenvalue weighted by molar-refractivity contribution is -0.114. The standard InChI is InChI=1S/C20H30O/c1-2-3-4-5-6-7-8-9-13-16-20(21)18-17-19-14-11-10-12-15-19/h10-12,14-15,17-18H,2-9,13,16H2,1H3/b18-17+. The summed E-state index contributed by atoms with van der Waals surface area (Å²) in [5, 5.41) is 0. The quantitative estimate of drug-likeness (QED) is 0.331. The van der Waals surface area contributed by atoms with Gasteiger partial charge < -0.3 is 0 Å². The molecule has 1 aromatic carbocycles. The number of hydrogen-bond acceptors (Lipinski definition) is 1. The van der Waals surface area contributed by atoms with E-state index in [1.807, 2.05) is 36.4 Å². The molecule has 0 N–H and O–H groups in total. The topological polar surface area (TPSA) is 17.1 Å². The third-order valence-corrected chi connectivity index (χ3v) is 3.79. The van der Waals surface area contributed by atoms with Crippen molar-refractivity contribution in [1.82, 2.24) is 0 Å². The zero-order valence-corrected chi connectivity index (χ0v) is 13.5. The van der Waals surface area contributed by atoms with Crippen molar-refractivity contribution in [2.24, 2.45) is 0 Å². The molecule has 0 saturated heterocycles. The molecule has 116 valence electrons. The van der Waals surface area contributed by atoms with Gasteiger partial charge in [-0.05, 0) is 18.1 Å². The van der Waals surface area contributed by atoms with Crippen LogP contribution in [0.4, 0.5) is 0 Å². The second-order valence-corrected chi connectivity index (χ2v) is 5.79. The van der Waals surface area contributed by atoms with Gasteiger partial charge in [0.2, 0.25) is 0 Å². The molecule has 0 saturated carbocycles. The van der Waals surface area contributed by atoms with E-state index in [9.17, 15) is 4.79 Å². The normalized spacial score (nSPS) is 11.1. The molecule has 0 bridgehead atoms. The fourth-order valence-electron chi connectivity index (χ4n) is 2.45. The minimum atomic E-state index is 0.252. The lowest BCUT2D eigenvalue weighted by Crippen LogP contribution is -1.92. The van der Waals surface area contributed by atoms with E-state index in [0.29, 0.717) is 6.42 Å². The van der Waals surface area contributed by atoms with Crippen LogP contribution in [0.15, 0.2) is 36.4 Å². The monoisotopic (exact) mass is 286 g/mol. The van der Waals surface area contributed by atoms with Crippen LogP contribution >= 0.6 is 0 Å². The summed E-state index contributed by atoms with van der Waals surface area (Å²) in [5.74, 6) is 0.252. The molecule has 0 radical (unpaired) electrons. The van der Waals surface area contributed by atoms with Crippen LogP contribution < -0.4 is 0 Å². The zero-order valence-electron chi connectivity index (χ0n) is 13.5. The number of carbonyl (C=O) groups is 1. The number of carbonyl (C=O) groups excluding carboxylic acids is 1. The molecule has 0 aliphatic heterocycles. The molecule has 1 heteroatoms. The van der Waals surface area contributed by atoms with E-state index < -0.39 is 0 Å². The van der Waals surface area contributed by atoms with Crippen molar-refractivity contribution in [1.29, 1.82) is 0 Å². The van der Waals surface area contributed by atoms with Gasteiger partial charge in [0, 0.05) is 6.42 Å². The van der Waals surface area contributed by atoms with Gasteiger partial charge in [-0.25, -0.2) is 0 Å². The minimum Gasteiger partial charge on any atom is -0.295 e. The van der Waals surface area contributed by atoms with Gasteiger partial charge in [0.25, 0.3) is 0 Å². The Balaban J connectivity index is 1.97. The summed E-state index contributed by atoms with van der Waals surface area (Å²) in [4.78, 5) is 11.7. The second kappa shape index (κ2) is 12.4. The Hall–Kier alpha value is -1.37. The van der Waals surface area contributed by atoms with Crippen LogP contribution in [0.2, 0.25) is 0 Å². The summed E-state index contributed by atoms with van der Waals surface area (Å²) in [5.41, 5.74) is 1.10. The Kier molecular flexibility index (Phi) is 10.4. The van der Waals surface area contributed by atoms with E-state index in [-0.39, 0.29) is 5.78 Å². The minimum absolute atomic E-state index is 0.252. The number of hydrogen-bond donors (Lipinski definition) is 0. The highest BCUT2D eigenvalue weighted by Crippen LogP contribution is 2.11. The molecule has 0 aliphatic rings. The molecule has 1 nitrogen and oxygen atoms in total. The molecule has 1 aromatic rings. The Morgan fingerprint density at radius 1 is 0.857 bits per heavy atom. The second-order valence-electron chi connectivity index (χ2n) is 5.79. The fraction of sp³-hybridized carbons (Fsp3) is 0.550. The molecule has 0 aliphatic carbocycles. The predicted octanol–water partition coefficient (Wildman–Crippen LogP) is 6.19. The number of unbranched alkanes of at least 4 members (excludes halogenated alkanes) is 8. The Morgan fingerprint density at radius 2 is 1.43 bits per heavy atom. The molecule has 0 amide bonds. The molecule has 0 atom stereocenters. The summed E-state index contributed by atoms with van der Waals surface area (Å²) in [6.45, 7) is 2.25. The van der Waals surface area contributed by atoms with Crippen molar-refractivity contribution in [3.8, 4) is 0 Å². The Morgan fingerprint density at radius 3 is 2.05 bits per heavy atom. The summed E-state index contributed by atoms with van der Waals surface area (Å²) >= 11 is 0. The van der Waals surface area contributed by atoms with E-state index in [2.05, 4.69) is 6.92 Å². The number of rotatable bonds is 12. The molecular formula is C20H30O. The highest BCUT2D eigenvalue weighted by Gasteiger charge is 1.97. The van der Waals surface area contributed by atoms with E-state index in [0.717, 1.165) is 12.0 Å². The molecule has 0 heterocycles. The first kappa shape index (κ1) is 17.7. The Bertz CT molecular complexity index is 392. The lowest BCUT2D eigenvalue weighted by Gasteiger charge is -2.01. The highest BCUT2D eigenvalue weighted by molar-refractivity contribution is 5.93. The van der Waals surface area contributed by atoms with Gasteiger partial charge in [0.15, 0.2) is 5.78 Å². The smallest absolute Gasteiger partial charge is 0.155 e. The van der Waals surface area contributed by atoms with E-state index in [1.54, 1.807) is 6.08 Å². The average Bonchev–Trinajstić information content (AvgIpc) is 2.52. The fourth-order valence-corrected chi connectivity index (χ4v) is 2.45. The third kappa shape index (κ3) is 10.1. The lowest BCUT2D eigenvalue weighted by atomic mass is 10.1. The SMILES string of the molecule is CCCCCCCCCCCC(=O)/C=C/c1ccccc1. The van der Waals surface area contributed by atoms with Crippen molar-refractivity contribution in [3.05, 3.63) is 42.0 Å². The molecule has 0 fully saturated rings. The third-order valence-electron chi connectivity index (χ3n) is 3.79. The molecule has 0 aromatic heterocycles. The molecule has 21 heavy (non-hydrogen) atoms. The summed E-state index contributed by atoms with van der Waals surface area (Å²) < 4.78 is 0. The maximum absolute atomic E-state index is 11.7. The van der Waals surface area contributed by atoms with Crippen LogP contribution in [0.25, 0.3) is 6.08 Å². The van der Waals surface area contributed by atoms with Gasteiger partial charge in [-0.15, -0.1) is 0 Å². The first-order chi connectivity index (χ1) is 10.3. The first-order valence-corrected chi connectivity index (χ1v) is 8.59. The molecule has 0 unspecified atom stereocenters. The zero-order chi connectivity index (χ0) is 15.2. The Labute approximate surface area is 130 Å². The summed E-state index contributed by atoms with van der Waals surface area (Å²) in [6, 6.07) is 10.0. The predicted molar refractivity (Wildman–Crippen MR) is 92.3 cm³/mol. The van der Waals surface area contributed by atoms with E-state index >= 15 is 0 Å². The van der Waals surface area contributed by atoms with Crippen LogP contribution in [-0.2, 0) is 4.79 Å². The van der Waals surface area contributed by atoms with Gasteiger partial charge >= 0.3 is 0 Å². The van der Waals surface area contributed by atoms with Gasteiger partial charge in [-0.3, -0.25) is 4.79 Å². The van der Waals surface area contributed by atoms with Gasteiger partial charge in [-0.1, -0.05) is 94.7 Å². The van der Waals surface area contributed by atoms with Crippen LogP contribution in [0, 0.1) is 0 Å². The van der Waals surface area contributed by atoms with Crippen molar-refractivity contribution < 1.29 is 4.79 Å². The van der Waals surface area contributed by atoms with Crippen LogP contribution in [0.3, 0.4) is 0 Å². The first-order valence-electron chi connectivity index (χ1n) is 8.59. The van der Waals surface area contributed by atoms with Crippen LogP contribution in [0.5, 0.6) is 0 Å². The van der Waals surface area contributed by atoms with E-state index in [4.69, 9.17) is 0 Å². The maximum atomic E-state index is 11.7. The van der Waals surface area contributed by atoms with Crippen molar-refractivity contribution >= 4 is 11.9 Å². The van der Waals surface area contributed by atoms with Gasteiger partial charge in [-0.2, -0.15) is 0 Å². The van der Waals surface area contributed by atoms with Crippen LogP contribution in [-0.4, -0.2) is 5.78 Å². The van der Waals surface area contributed by atoms with Crippen molar-refractivity contribution in [3.63, 3.8) is 0 Å². The van der Waals surface area contributed by atoms with Gasteiger partial charge in [0.05, 0.1) is 0 Å². The molecule has 0 spiro atoms. The maximum Gasteiger partial charge on any atom is 0.155 e. The summed E-state index contributed by atoms with van der Waals surface area (Å²) in [6.07, 6.45) is 16.0. The van der Waals surface area contributed by atoms with E-state index in [1.165, 1.54) is 51.4 Å². The summed E-state index contributed by atoms with van der Waals surface area (Å²) in [7, 11) is 0. The highest BCUT2D eigenvalue weighted by atomic mass is 16.1. The average molecular weight is 286 g/mol. The number of benzene rings is 1. The number of ketones is 1. The van der Waals surface area contributed by atoms with Crippen molar-refractivity contribution in [2.75, 3.05) is 0 Å². The van der Waals surface area contributed by atoms with Crippen molar-refractivity contribution in [2.45, 2.75) is 71.1 Å². The molecular weight excluding hydrogens is 256 g/mol. The van der Waals surface area contributed by atoms with Gasteiger partial charge in [0.1, 0.15) is 0 Å². The number of allylic oxidation sites excluding steroid dienone is 1. The van der Waals surface area contributed by atoms with Crippen LogP contribution in [0.1, 0.15) is 76.7 Å². The molecule has 1 rings (SSSR count).